The quantitative estimate of drug-likeness (QED) is 0.206. The Kier molecular flexibility index (Phi) is 8.28. The van der Waals surface area contributed by atoms with Crippen molar-refractivity contribution in [2.75, 3.05) is 29.5 Å². The van der Waals surface area contributed by atoms with Crippen LogP contribution in [0.15, 0.2) is 72.0 Å². The fourth-order valence-corrected chi connectivity index (χ4v) is 5.73. The zero-order chi connectivity index (χ0) is 32.6. The van der Waals surface area contributed by atoms with Crippen LogP contribution in [0.1, 0.15) is 17.5 Å². The number of nitrogens with two attached hydrogens (primary N) is 1. The molecule has 45 heavy (non-hydrogen) atoms. The van der Waals surface area contributed by atoms with Crippen LogP contribution in [0.5, 0.6) is 11.8 Å². The van der Waals surface area contributed by atoms with Gasteiger partial charge in [-0.15, -0.1) is 0 Å². The topological polar surface area (TPSA) is 152 Å². The third kappa shape index (κ3) is 7.07. The van der Waals surface area contributed by atoms with Crippen molar-refractivity contribution < 1.29 is 44.3 Å². The van der Waals surface area contributed by atoms with Crippen molar-refractivity contribution in [1.29, 1.82) is 0 Å². The van der Waals surface area contributed by atoms with Crippen LogP contribution in [0, 0.1) is 0 Å². The van der Waals surface area contributed by atoms with Gasteiger partial charge >= 0.3 is 24.4 Å². The second-order valence-electron chi connectivity index (χ2n) is 9.58. The summed E-state index contributed by atoms with van der Waals surface area (Å²) in [6.07, 6.45) is -5.92. The van der Waals surface area contributed by atoms with E-state index in [9.17, 15) is 39.6 Å². The van der Waals surface area contributed by atoms with Crippen molar-refractivity contribution >= 4 is 33.2 Å². The smallest absolute Gasteiger partial charge is 0.417 e. The lowest BCUT2D eigenvalue weighted by Crippen LogP contribution is -2.42. The van der Waals surface area contributed by atoms with Gasteiger partial charge in [-0.2, -0.15) is 30.6 Å². The van der Waals surface area contributed by atoms with Gasteiger partial charge in [-0.1, -0.05) is 12.1 Å². The number of aromatic nitrogens is 3. The number of hydrogen-bond acceptors (Lipinski definition) is 8. The van der Waals surface area contributed by atoms with Gasteiger partial charge in [0.05, 0.1) is 34.9 Å². The maximum atomic E-state index is 13.3. The Morgan fingerprint density at radius 3 is 2.07 bits per heavy atom. The molecule has 2 aromatic heterocycles. The zero-order valence-corrected chi connectivity index (χ0v) is 23.5. The molecular formula is C27H21F6N7O4S. The second kappa shape index (κ2) is 11.8. The van der Waals surface area contributed by atoms with E-state index in [0.29, 0.717) is 30.3 Å². The van der Waals surface area contributed by atoms with E-state index in [0.717, 1.165) is 28.8 Å². The van der Waals surface area contributed by atoms with Crippen LogP contribution < -0.4 is 21.1 Å². The average molecular weight is 654 g/mol. The normalized spacial score (nSPS) is 14.0. The minimum absolute atomic E-state index is 0.0122. The second-order valence-corrected chi connectivity index (χ2v) is 11.5. The molecule has 0 radical (unpaired) electrons. The van der Waals surface area contributed by atoms with E-state index in [1.807, 2.05) is 0 Å². The number of amides is 2. The molecule has 4 N–H and O–H groups in total. The summed E-state index contributed by atoms with van der Waals surface area (Å²) in [5.41, 5.74) is 3.45. The van der Waals surface area contributed by atoms with Crippen LogP contribution in [0.2, 0.25) is 0 Å². The highest BCUT2D eigenvalue weighted by Gasteiger charge is 2.36. The van der Waals surface area contributed by atoms with Gasteiger partial charge in [0, 0.05) is 24.8 Å². The van der Waals surface area contributed by atoms with Gasteiger partial charge in [0.15, 0.2) is 0 Å². The van der Waals surface area contributed by atoms with Crippen molar-refractivity contribution in [2.24, 2.45) is 0 Å². The van der Waals surface area contributed by atoms with Crippen molar-refractivity contribution in [1.82, 2.24) is 19.3 Å². The van der Waals surface area contributed by atoms with Crippen LogP contribution in [0.3, 0.4) is 0 Å². The first-order valence-electron chi connectivity index (χ1n) is 12.8. The molecule has 1 fully saturated rings. The van der Waals surface area contributed by atoms with Gasteiger partial charge in [0.25, 0.3) is 0 Å². The average Bonchev–Trinajstić information content (AvgIpc) is 2.92. The number of alkyl halides is 6. The molecule has 2 aromatic carbocycles. The lowest BCUT2D eigenvalue weighted by atomic mass is 10.0. The molecule has 0 unspecified atom stereocenters. The number of carbonyl (C=O) groups excluding carboxylic acids is 1. The Balaban J connectivity index is 1.26. The summed E-state index contributed by atoms with van der Waals surface area (Å²) >= 11 is 0. The molecule has 0 atom stereocenters. The number of sulfonamides is 1. The number of benzene rings is 2. The number of carbonyl (C=O) groups is 1. The number of nitrogen functional groups attached to an aromatic ring is 1. The first-order valence-corrected chi connectivity index (χ1v) is 14.3. The van der Waals surface area contributed by atoms with E-state index in [1.54, 1.807) is 0 Å². The molecule has 5 rings (SSSR count). The fraction of sp³-hybridized carbons (Fsp3) is 0.185. The maximum absolute atomic E-state index is 13.3. The van der Waals surface area contributed by atoms with Crippen molar-refractivity contribution in [3.8, 4) is 22.9 Å². The summed E-state index contributed by atoms with van der Waals surface area (Å²) in [5, 5.41) is 4.45. The molecule has 0 spiro atoms. The maximum Gasteiger partial charge on any atom is 0.417 e. The Morgan fingerprint density at radius 1 is 0.844 bits per heavy atom. The molecule has 4 aromatic rings. The highest BCUT2D eigenvalue weighted by atomic mass is 32.2. The summed E-state index contributed by atoms with van der Waals surface area (Å²) in [7, 11) is -4.15. The largest absolute Gasteiger partial charge is 0.424 e. The molecule has 18 heteroatoms. The molecular weight excluding hydrogens is 632 g/mol. The van der Waals surface area contributed by atoms with Gasteiger partial charge in [-0.3, -0.25) is 0 Å². The van der Waals surface area contributed by atoms with Crippen LogP contribution >= 0.6 is 0 Å². The summed E-state index contributed by atoms with van der Waals surface area (Å²) in [5.74, 6) is 0.102. The van der Waals surface area contributed by atoms with Crippen LogP contribution in [0.4, 0.5) is 48.3 Å². The number of ether oxygens (including phenoxy) is 1. The third-order valence-electron chi connectivity index (χ3n) is 6.49. The Hall–Kier alpha value is -4.97. The molecule has 0 aliphatic carbocycles. The van der Waals surface area contributed by atoms with E-state index < -0.39 is 50.1 Å². The number of nitrogens with one attached hydrogen (secondary N) is 2. The first kappa shape index (κ1) is 31.5. The van der Waals surface area contributed by atoms with Gasteiger partial charge in [0.1, 0.15) is 16.5 Å². The summed E-state index contributed by atoms with van der Waals surface area (Å²) in [6, 6.07) is 7.33. The van der Waals surface area contributed by atoms with E-state index in [1.165, 1.54) is 24.3 Å². The highest BCUT2D eigenvalue weighted by molar-refractivity contribution is 7.89. The molecule has 3 heterocycles. The molecule has 1 saturated heterocycles. The Labute approximate surface area is 251 Å². The third-order valence-corrected chi connectivity index (χ3v) is 8.45. The molecule has 2 amide bonds. The minimum atomic E-state index is -4.79. The molecule has 0 bridgehead atoms. The van der Waals surface area contributed by atoms with Crippen LogP contribution in [0.25, 0.3) is 11.1 Å². The predicted molar refractivity (Wildman–Crippen MR) is 149 cm³/mol. The number of halogens is 6. The highest BCUT2D eigenvalue weighted by Crippen LogP contribution is 2.36. The van der Waals surface area contributed by atoms with Gasteiger partial charge < -0.3 is 21.1 Å². The Morgan fingerprint density at radius 2 is 1.49 bits per heavy atom. The van der Waals surface area contributed by atoms with Crippen molar-refractivity contribution in [2.45, 2.75) is 23.7 Å². The first-order chi connectivity index (χ1) is 21.1. The van der Waals surface area contributed by atoms with Gasteiger partial charge in [0.2, 0.25) is 10.0 Å². The SMILES string of the molecule is Nc1ncc(C(F)(F)F)cc1-c1ccc(Oc2ncc(NC(=O)Nc3cc(C(F)(F)F)ccc3S(=O)(=O)N3CCC3)cn2)cc1. The predicted octanol–water partition coefficient (Wildman–Crippen LogP) is 5.99. The minimum Gasteiger partial charge on any atom is -0.424 e. The van der Waals surface area contributed by atoms with Gasteiger partial charge in [-0.05, 0) is 48.4 Å². The lowest BCUT2D eigenvalue weighted by Gasteiger charge is -2.30. The summed E-state index contributed by atoms with van der Waals surface area (Å²) < 4.78 is 111. The number of nitrogens with zero attached hydrogens (tertiary/aromatic N) is 4. The van der Waals surface area contributed by atoms with Crippen LogP contribution in [-0.2, 0) is 22.4 Å². The number of rotatable bonds is 7. The monoisotopic (exact) mass is 653 g/mol. The molecule has 1 aliphatic rings. The van der Waals surface area contributed by atoms with Crippen molar-refractivity contribution in [3.63, 3.8) is 0 Å². The van der Waals surface area contributed by atoms with E-state index in [-0.39, 0.29) is 41.9 Å². The van der Waals surface area contributed by atoms with Gasteiger partial charge in [-0.25, -0.2) is 28.2 Å². The van der Waals surface area contributed by atoms with Crippen molar-refractivity contribution in [3.05, 3.63) is 78.2 Å². The fourth-order valence-electron chi connectivity index (χ4n) is 4.08. The van der Waals surface area contributed by atoms with Crippen LogP contribution in [-0.4, -0.2) is 46.8 Å². The number of anilines is 3. The standard InChI is InChI=1S/C27H21F6N7O4S/c28-26(29,30)16-4-7-22(45(42,43)40-8-1-9-40)21(11-16)39-24(41)38-18-13-36-25(37-14-18)44-19-5-2-15(3-6-19)20-10-17(27(31,32)33)12-35-23(20)34/h2-7,10-14H,1,8-9H2,(H2,34,35)(H2,38,39,41). The summed E-state index contributed by atoms with van der Waals surface area (Å²) in [6.45, 7) is 0.402. The number of pyridine rings is 1. The van der Waals surface area contributed by atoms with E-state index in [2.05, 4.69) is 25.6 Å². The zero-order valence-electron chi connectivity index (χ0n) is 22.6. The summed E-state index contributed by atoms with van der Waals surface area (Å²) in [4.78, 5) is 23.6. The van der Waals surface area contributed by atoms with E-state index >= 15 is 0 Å². The molecule has 236 valence electrons. The number of urea groups is 1. The van der Waals surface area contributed by atoms with E-state index in [4.69, 9.17) is 10.5 Å². The Bertz CT molecular complexity index is 1830. The molecule has 1 aliphatic heterocycles. The number of hydrogen-bond donors (Lipinski definition) is 3. The molecule has 0 saturated carbocycles. The lowest BCUT2D eigenvalue weighted by molar-refractivity contribution is -0.138. The molecule has 11 nitrogen and oxygen atoms in total.